The third kappa shape index (κ3) is 6.85. The van der Waals surface area contributed by atoms with Gasteiger partial charge in [0.15, 0.2) is 0 Å². The van der Waals surface area contributed by atoms with E-state index in [1.165, 1.54) is 19.3 Å². The third-order valence-corrected chi connectivity index (χ3v) is 3.97. The lowest BCUT2D eigenvalue weighted by Gasteiger charge is -2.18. The molecule has 0 aliphatic heterocycles. The van der Waals surface area contributed by atoms with Crippen molar-refractivity contribution in [2.75, 3.05) is 18.4 Å². The van der Waals surface area contributed by atoms with Crippen LogP contribution in [0.2, 0.25) is 0 Å². The molecule has 1 rings (SSSR count). The smallest absolute Gasteiger partial charge is 0.253 e. The molecule has 0 heterocycles. The Hall–Kier alpha value is -1.84. The summed E-state index contributed by atoms with van der Waals surface area (Å²) in [7, 11) is 0. The third-order valence-electron chi connectivity index (χ3n) is 3.97. The first-order valence-electron chi connectivity index (χ1n) is 8.81. The van der Waals surface area contributed by atoms with Crippen LogP contribution in [0.5, 0.6) is 0 Å². The Bertz CT molecular complexity index is 479. The maximum atomic E-state index is 12.2. The standard InChI is InChI=1S/C19H30N2O2/c1-4-7-8-9-10-11-18(22)20-17-14-12-16(13-15-17)19(23)21(5-2)6-3/h12-15H,4-11H2,1-3H3,(H,20,22). The molecule has 0 aromatic heterocycles. The predicted molar refractivity (Wildman–Crippen MR) is 95.7 cm³/mol. The van der Waals surface area contributed by atoms with Gasteiger partial charge in [-0.05, 0) is 44.5 Å². The first kappa shape index (κ1) is 19.2. The Morgan fingerprint density at radius 1 is 0.913 bits per heavy atom. The van der Waals surface area contributed by atoms with Crippen LogP contribution in [-0.4, -0.2) is 29.8 Å². The van der Waals surface area contributed by atoms with Crippen LogP contribution in [0.1, 0.15) is 69.7 Å². The van der Waals surface area contributed by atoms with Gasteiger partial charge in [0.1, 0.15) is 0 Å². The SMILES string of the molecule is CCCCCCCC(=O)Nc1ccc(C(=O)N(CC)CC)cc1. The van der Waals surface area contributed by atoms with Gasteiger partial charge in [-0.3, -0.25) is 9.59 Å². The van der Waals surface area contributed by atoms with E-state index in [9.17, 15) is 9.59 Å². The number of hydrogen-bond acceptors (Lipinski definition) is 2. The molecule has 4 nitrogen and oxygen atoms in total. The summed E-state index contributed by atoms with van der Waals surface area (Å²) in [6.07, 6.45) is 6.26. The molecule has 23 heavy (non-hydrogen) atoms. The first-order chi connectivity index (χ1) is 11.1. The van der Waals surface area contributed by atoms with Crippen molar-refractivity contribution in [3.05, 3.63) is 29.8 Å². The minimum atomic E-state index is 0.0313. The van der Waals surface area contributed by atoms with Crippen LogP contribution in [-0.2, 0) is 4.79 Å². The van der Waals surface area contributed by atoms with Gasteiger partial charge in [0.05, 0.1) is 0 Å². The second kappa shape index (κ2) is 10.8. The van der Waals surface area contributed by atoms with Crippen molar-refractivity contribution in [3.8, 4) is 0 Å². The van der Waals surface area contributed by atoms with Crippen molar-refractivity contribution in [3.63, 3.8) is 0 Å². The summed E-state index contributed by atoms with van der Waals surface area (Å²) in [6, 6.07) is 7.15. The number of carbonyl (C=O) groups excluding carboxylic acids is 2. The molecular weight excluding hydrogens is 288 g/mol. The van der Waals surface area contributed by atoms with Crippen LogP contribution < -0.4 is 5.32 Å². The molecule has 128 valence electrons. The van der Waals surface area contributed by atoms with Gasteiger partial charge in [-0.1, -0.05) is 32.6 Å². The second-order valence-electron chi connectivity index (χ2n) is 5.77. The van der Waals surface area contributed by atoms with E-state index in [2.05, 4.69) is 12.2 Å². The van der Waals surface area contributed by atoms with Crippen molar-refractivity contribution in [1.29, 1.82) is 0 Å². The zero-order valence-electron chi connectivity index (χ0n) is 14.7. The van der Waals surface area contributed by atoms with E-state index in [4.69, 9.17) is 0 Å². The zero-order chi connectivity index (χ0) is 17.1. The van der Waals surface area contributed by atoms with Gasteiger partial charge in [0.25, 0.3) is 5.91 Å². The number of benzene rings is 1. The maximum absolute atomic E-state index is 12.2. The Kier molecular flexibility index (Phi) is 9.03. The van der Waals surface area contributed by atoms with Crippen molar-refractivity contribution in [2.24, 2.45) is 0 Å². The highest BCUT2D eigenvalue weighted by molar-refractivity contribution is 5.95. The summed E-state index contributed by atoms with van der Waals surface area (Å²) in [5, 5.41) is 2.89. The fourth-order valence-corrected chi connectivity index (χ4v) is 2.50. The summed E-state index contributed by atoms with van der Waals surface area (Å²) in [5.74, 6) is 0.0770. The Morgan fingerprint density at radius 3 is 2.09 bits per heavy atom. The second-order valence-corrected chi connectivity index (χ2v) is 5.77. The van der Waals surface area contributed by atoms with E-state index in [1.807, 2.05) is 13.8 Å². The average molecular weight is 318 g/mol. The normalized spacial score (nSPS) is 10.4. The van der Waals surface area contributed by atoms with Crippen LogP contribution in [0, 0.1) is 0 Å². The molecule has 0 aliphatic rings. The van der Waals surface area contributed by atoms with E-state index >= 15 is 0 Å². The Labute approximate surface area is 140 Å². The number of amides is 2. The van der Waals surface area contributed by atoms with Gasteiger partial charge in [-0.25, -0.2) is 0 Å². The lowest BCUT2D eigenvalue weighted by Crippen LogP contribution is -2.30. The number of carbonyl (C=O) groups is 2. The van der Waals surface area contributed by atoms with E-state index < -0.39 is 0 Å². The topological polar surface area (TPSA) is 49.4 Å². The Balaban J connectivity index is 2.44. The summed E-state index contributed by atoms with van der Waals surface area (Å²) in [5.41, 5.74) is 1.41. The summed E-state index contributed by atoms with van der Waals surface area (Å²) < 4.78 is 0. The molecule has 1 aromatic rings. The molecule has 0 saturated carbocycles. The largest absolute Gasteiger partial charge is 0.339 e. The lowest BCUT2D eigenvalue weighted by molar-refractivity contribution is -0.116. The van der Waals surface area contributed by atoms with Crippen LogP contribution >= 0.6 is 0 Å². The molecule has 0 aliphatic carbocycles. The van der Waals surface area contributed by atoms with Crippen LogP contribution in [0.4, 0.5) is 5.69 Å². The Morgan fingerprint density at radius 2 is 1.52 bits per heavy atom. The van der Waals surface area contributed by atoms with E-state index in [0.717, 1.165) is 18.5 Å². The van der Waals surface area contributed by atoms with Gasteiger partial charge >= 0.3 is 0 Å². The van der Waals surface area contributed by atoms with Gasteiger partial charge in [-0.15, -0.1) is 0 Å². The van der Waals surface area contributed by atoms with Gasteiger partial charge < -0.3 is 10.2 Å². The maximum Gasteiger partial charge on any atom is 0.253 e. The molecule has 0 unspecified atom stereocenters. The highest BCUT2D eigenvalue weighted by Gasteiger charge is 2.12. The van der Waals surface area contributed by atoms with Gasteiger partial charge in [0.2, 0.25) is 5.91 Å². The van der Waals surface area contributed by atoms with Gasteiger partial charge in [-0.2, -0.15) is 0 Å². The molecule has 0 spiro atoms. The number of rotatable bonds is 10. The molecule has 4 heteroatoms. The van der Waals surface area contributed by atoms with Crippen molar-refractivity contribution < 1.29 is 9.59 Å². The number of nitrogens with zero attached hydrogens (tertiary/aromatic N) is 1. The van der Waals surface area contributed by atoms with Crippen molar-refractivity contribution in [1.82, 2.24) is 4.90 Å². The fourth-order valence-electron chi connectivity index (χ4n) is 2.50. The monoisotopic (exact) mass is 318 g/mol. The number of hydrogen-bond donors (Lipinski definition) is 1. The first-order valence-corrected chi connectivity index (χ1v) is 8.81. The molecule has 1 N–H and O–H groups in total. The summed E-state index contributed by atoms with van der Waals surface area (Å²) >= 11 is 0. The zero-order valence-corrected chi connectivity index (χ0v) is 14.7. The summed E-state index contributed by atoms with van der Waals surface area (Å²) in [4.78, 5) is 25.9. The van der Waals surface area contributed by atoms with Gasteiger partial charge in [0, 0.05) is 30.8 Å². The molecule has 0 atom stereocenters. The number of anilines is 1. The van der Waals surface area contributed by atoms with E-state index in [0.29, 0.717) is 25.1 Å². The molecule has 0 bridgehead atoms. The highest BCUT2D eigenvalue weighted by Crippen LogP contribution is 2.13. The quantitative estimate of drug-likeness (QED) is 0.647. The van der Waals surface area contributed by atoms with Crippen molar-refractivity contribution in [2.45, 2.75) is 59.3 Å². The molecule has 2 amide bonds. The molecule has 0 fully saturated rings. The van der Waals surface area contributed by atoms with Crippen LogP contribution in [0.25, 0.3) is 0 Å². The molecule has 1 aromatic carbocycles. The minimum absolute atomic E-state index is 0.0313. The molecule has 0 radical (unpaired) electrons. The van der Waals surface area contributed by atoms with E-state index in [-0.39, 0.29) is 11.8 Å². The average Bonchev–Trinajstić information content (AvgIpc) is 2.56. The predicted octanol–water partition coefficient (Wildman–Crippen LogP) is 4.47. The summed E-state index contributed by atoms with van der Waals surface area (Å²) in [6.45, 7) is 7.52. The molecular formula is C19H30N2O2. The number of unbranched alkanes of at least 4 members (excludes halogenated alkanes) is 4. The van der Waals surface area contributed by atoms with E-state index in [1.54, 1.807) is 29.2 Å². The van der Waals surface area contributed by atoms with Crippen molar-refractivity contribution >= 4 is 17.5 Å². The lowest BCUT2D eigenvalue weighted by atomic mass is 10.1. The molecule has 0 saturated heterocycles. The van der Waals surface area contributed by atoms with Crippen LogP contribution in [0.3, 0.4) is 0 Å². The van der Waals surface area contributed by atoms with Crippen LogP contribution in [0.15, 0.2) is 24.3 Å². The minimum Gasteiger partial charge on any atom is -0.339 e. The number of nitrogens with one attached hydrogen (secondary N) is 1. The highest BCUT2D eigenvalue weighted by atomic mass is 16.2. The fraction of sp³-hybridized carbons (Fsp3) is 0.579.